The third-order valence-electron chi connectivity index (χ3n) is 3.18. The highest BCUT2D eigenvalue weighted by atomic mass is 32.1. The van der Waals surface area contributed by atoms with Crippen molar-refractivity contribution in [2.24, 2.45) is 0 Å². The molecule has 2 rings (SSSR count). The molecule has 0 saturated heterocycles. The molecule has 0 unspecified atom stereocenters. The van der Waals surface area contributed by atoms with Gasteiger partial charge in [-0.3, -0.25) is 0 Å². The van der Waals surface area contributed by atoms with Gasteiger partial charge >= 0.3 is 0 Å². The number of methoxy groups -OCH3 is 1. The molecule has 6 heteroatoms. The van der Waals surface area contributed by atoms with Crippen LogP contribution in [0, 0.1) is 17.1 Å². The molecule has 1 N–H and O–H groups in total. The average Bonchev–Trinajstić information content (AvgIpc) is 2.57. The van der Waals surface area contributed by atoms with Crippen LogP contribution in [-0.2, 0) is 0 Å². The number of ether oxygens (including phenoxy) is 1. The van der Waals surface area contributed by atoms with Crippen LogP contribution < -0.4 is 15.0 Å². The van der Waals surface area contributed by atoms with Gasteiger partial charge in [0, 0.05) is 12.2 Å². The smallest absolute Gasteiger partial charge is 0.178 e. The summed E-state index contributed by atoms with van der Waals surface area (Å²) in [7, 11) is 1.59. The Hall–Kier alpha value is -2.65. The van der Waals surface area contributed by atoms with E-state index in [9.17, 15) is 4.39 Å². The third kappa shape index (κ3) is 4.41. The fraction of sp³-hybridized carbons (Fsp3) is 0.176. The fourth-order valence-corrected chi connectivity index (χ4v) is 2.34. The summed E-state index contributed by atoms with van der Waals surface area (Å²) in [5, 5.41) is 12.2. The lowest BCUT2D eigenvalue weighted by Gasteiger charge is -2.25. The van der Waals surface area contributed by atoms with Crippen molar-refractivity contribution in [2.45, 2.75) is 6.42 Å². The van der Waals surface area contributed by atoms with Gasteiger partial charge in [-0.25, -0.2) is 4.39 Å². The van der Waals surface area contributed by atoms with Gasteiger partial charge in [-0.05, 0) is 48.6 Å². The predicted octanol–water partition coefficient (Wildman–Crippen LogP) is 3.95. The van der Waals surface area contributed by atoms with Crippen LogP contribution in [0.2, 0.25) is 0 Å². The minimum atomic E-state index is -0.385. The Kier molecular flexibility index (Phi) is 5.89. The topological polar surface area (TPSA) is 48.3 Å². The van der Waals surface area contributed by atoms with Gasteiger partial charge in [0.1, 0.15) is 11.6 Å². The maximum atomic E-state index is 14.0. The molecule has 0 aromatic heterocycles. The number of para-hydroxylation sites is 1. The molecular weight excluding hydrogens is 313 g/mol. The maximum absolute atomic E-state index is 14.0. The van der Waals surface area contributed by atoms with Crippen LogP contribution >= 0.6 is 12.2 Å². The van der Waals surface area contributed by atoms with Gasteiger partial charge < -0.3 is 15.0 Å². The van der Waals surface area contributed by atoms with Crippen molar-refractivity contribution < 1.29 is 9.13 Å². The van der Waals surface area contributed by atoms with Crippen LogP contribution in [0.25, 0.3) is 0 Å². The lowest BCUT2D eigenvalue weighted by molar-refractivity contribution is 0.415. The van der Waals surface area contributed by atoms with E-state index in [0.717, 1.165) is 11.4 Å². The zero-order chi connectivity index (χ0) is 16.7. The van der Waals surface area contributed by atoms with Gasteiger partial charge in [0.15, 0.2) is 5.11 Å². The molecular formula is C17H16FN3OS. The number of benzene rings is 2. The second-order valence-electron chi connectivity index (χ2n) is 4.67. The van der Waals surface area contributed by atoms with Gasteiger partial charge in [0.05, 0.1) is 25.3 Å². The molecule has 0 aliphatic heterocycles. The number of nitrogens with zero attached hydrogens (tertiary/aromatic N) is 2. The molecule has 4 nitrogen and oxygen atoms in total. The van der Waals surface area contributed by atoms with E-state index >= 15 is 0 Å². The molecule has 0 bridgehead atoms. The van der Waals surface area contributed by atoms with Crippen LogP contribution in [-0.4, -0.2) is 18.8 Å². The average molecular weight is 329 g/mol. The summed E-state index contributed by atoms with van der Waals surface area (Å²) >= 11 is 5.38. The lowest BCUT2D eigenvalue weighted by atomic mass is 10.2. The zero-order valence-electron chi connectivity index (χ0n) is 12.6. The first-order chi connectivity index (χ1) is 11.2. The van der Waals surface area contributed by atoms with E-state index < -0.39 is 0 Å². The fourth-order valence-electron chi connectivity index (χ4n) is 2.03. The van der Waals surface area contributed by atoms with Crippen molar-refractivity contribution in [1.82, 2.24) is 0 Å². The van der Waals surface area contributed by atoms with Crippen LogP contribution in [0.5, 0.6) is 5.75 Å². The third-order valence-corrected chi connectivity index (χ3v) is 3.50. The number of halogens is 1. The summed E-state index contributed by atoms with van der Waals surface area (Å²) in [5.74, 6) is 0.348. The molecule has 0 radical (unpaired) electrons. The summed E-state index contributed by atoms with van der Waals surface area (Å²) in [5.41, 5.74) is 1.10. The molecule has 0 fully saturated rings. The van der Waals surface area contributed by atoms with Crippen LogP contribution in [0.15, 0.2) is 48.5 Å². The van der Waals surface area contributed by atoms with Crippen molar-refractivity contribution >= 4 is 28.7 Å². The first-order valence-corrected chi connectivity index (χ1v) is 7.40. The Bertz CT molecular complexity index is 713. The molecule has 2 aromatic rings. The van der Waals surface area contributed by atoms with E-state index in [1.807, 2.05) is 12.1 Å². The lowest BCUT2D eigenvalue weighted by Crippen LogP contribution is -2.36. The molecule has 0 spiro atoms. The number of hydrogen-bond donors (Lipinski definition) is 1. The summed E-state index contributed by atoms with van der Waals surface area (Å²) in [6.07, 6.45) is 0.235. The highest BCUT2D eigenvalue weighted by molar-refractivity contribution is 7.80. The number of thiocarbonyl (C=S) groups is 1. The Morgan fingerprint density at radius 2 is 1.96 bits per heavy atom. The molecule has 23 heavy (non-hydrogen) atoms. The van der Waals surface area contributed by atoms with Crippen molar-refractivity contribution in [3.05, 3.63) is 54.3 Å². The second kappa shape index (κ2) is 8.11. The number of rotatable bonds is 5. The SMILES string of the molecule is COc1ccc(NC(=S)N(CCC#N)c2ccccc2F)cc1. The molecule has 0 saturated carbocycles. The quantitative estimate of drug-likeness (QED) is 0.842. The molecule has 0 aliphatic rings. The van der Waals surface area contributed by atoms with Crippen LogP contribution in [0.4, 0.5) is 15.8 Å². The van der Waals surface area contributed by atoms with E-state index in [4.69, 9.17) is 22.2 Å². The minimum Gasteiger partial charge on any atom is -0.497 e. The summed E-state index contributed by atoms with van der Waals surface area (Å²) in [4.78, 5) is 1.58. The second-order valence-corrected chi connectivity index (χ2v) is 5.06. The normalized spacial score (nSPS) is 9.78. The molecule has 0 atom stereocenters. The minimum absolute atomic E-state index is 0.235. The predicted molar refractivity (Wildman–Crippen MR) is 93.2 cm³/mol. The van der Waals surface area contributed by atoms with E-state index in [-0.39, 0.29) is 12.2 Å². The summed E-state index contributed by atoms with van der Waals surface area (Å²) in [6, 6.07) is 15.6. The molecule has 118 valence electrons. The molecule has 0 amide bonds. The van der Waals surface area contributed by atoms with E-state index in [2.05, 4.69) is 11.4 Å². The van der Waals surface area contributed by atoms with Crippen molar-refractivity contribution in [2.75, 3.05) is 23.9 Å². The van der Waals surface area contributed by atoms with Crippen LogP contribution in [0.3, 0.4) is 0 Å². The number of hydrogen-bond acceptors (Lipinski definition) is 3. The summed E-state index contributed by atoms with van der Waals surface area (Å²) in [6.45, 7) is 0.305. The standard InChI is InChI=1S/C17H16FN3OS/c1-22-14-9-7-13(8-10-14)20-17(23)21(12-4-11-19)16-6-3-2-5-15(16)18/h2-3,5-10H,4,12H2,1H3,(H,20,23). The number of nitrogens with one attached hydrogen (secondary N) is 1. The Labute approximate surface area is 140 Å². The molecule has 0 aliphatic carbocycles. The Morgan fingerprint density at radius 3 is 2.57 bits per heavy atom. The van der Waals surface area contributed by atoms with Gasteiger partial charge in [0.25, 0.3) is 0 Å². The maximum Gasteiger partial charge on any atom is 0.178 e. The monoisotopic (exact) mass is 329 g/mol. The van der Waals surface area contributed by atoms with Gasteiger partial charge in [-0.1, -0.05) is 12.1 Å². The van der Waals surface area contributed by atoms with Crippen molar-refractivity contribution in [1.29, 1.82) is 5.26 Å². The van der Waals surface area contributed by atoms with Gasteiger partial charge in [-0.2, -0.15) is 5.26 Å². The zero-order valence-corrected chi connectivity index (χ0v) is 13.4. The Morgan fingerprint density at radius 1 is 1.26 bits per heavy atom. The first-order valence-electron chi connectivity index (χ1n) is 6.99. The number of nitriles is 1. The molecule has 2 aromatic carbocycles. The van der Waals surface area contributed by atoms with Crippen LogP contribution in [0.1, 0.15) is 6.42 Å². The van der Waals surface area contributed by atoms with E-state index in [0.29, 0.717) is 17.3 Å². The van der Waals surface area contributed by atoms with Crippen molar-refractivity contribution in [3.8, 4) is 11.8 Å². The van der Waals surface area contributed by atoms with Gasteiger partial charge in [-0.15, -0.1) is 0 Å². The highest BCUT2D eigenvalue weighted by Crippen LogP contribution is 2.21. The van der Waals surface area contributed by atoms with Crippen molar-refractivity contribution in [3.63, 3.8) is 0 Å². The Balaban J connectivity index is 2.19. The summed E-state index contributed by atoms with van der Waals surface area (Å²) < 4.78 is 19.1. The highest BCUT2D eigenvalue weighted by Gasteiger charge is 2.15. The van der Waals surface area contributed by atoms with E-state index in [1.165, 1.54) is 6.07 Å². The first kappa shape index (κ1) is 16.7. The molecule has 0 heterocycles. The largest absolute Gasteiger partial charge is 0.497 e. The van der Waals surface area contributed by atoms with E-state index in [1.54, 1.807) is 42.3 Å². The number of anilines is 2. The van der Waals surface area contributed by atoms with Gasteiger partial charge in [0.2, 0.25) is 0 Å².